The fourth-order valence-corrected chi connectivity index (χ4v) is 8.98. The monoisotopic (exact) mass is 686 g/mol. The molecule has 1 aromatic heterocycles. The highest BCUT2D eigenvalue weighted by atomic mass is 32.2. The maximum Gasteiger partial charge on any atom is 0.254 e. The highest BCUT2D eigenvalue weighted by Gasteiger charge is 2.24. The molecule has 0 saturated carbocycles. The maximum atomic E-state index is 11.6. The second kappa shape index (κ2) is 13.1. The first kappa shape index (κ1) is 32.6. The van der Waals surface area contributed by atoms with Crippen molar-refractivity contribution in [1.82, 2.24) is 0 Å². The third-order valence-corrected chi connectivity index (χ3v) is 12.3. The van der Waals surface area contributed by atoms with E-state index in [-0.39, 0.29) is 12.1 Å². The van der Waals surface area contributed by atoms with Crippen molar-refractivity contribution in [1.29, 1.82) is 0 Å². The molecule has 0 saturated heterocycles. The molecule has 0 bridgehead atoms. The Labute approximate surface area is 279 Å². The number of benzene rings is 3. The van der Waals surface area contributed by atoms with Crippen LogP contribution in [0.2, 0.25) is 0 Å². The number of amides is 1. The summed E-state index contributed by atoms with van der Waals surface area (Å²) in [5.74, 6) is -0.608. The zero-order valence-corrected chi connectivity index (χ0v) is 28.1. The second-order valence-corrected chi connectivity index (χ2v) is 16.7. The molecule has 0 radical (unpaired) electrons. The Balaban J connectivity index is 0.000000273. The molecule has 11 heteroatoms. The molecular formula is C36H34N2O6S3. The van der Waals surface area contributed by atoms with Crippen molar-refractivity contribution in [2.75, 3.05) is 10.7 Å². The summed E-state index contributed by atoms with van der Waals surface area (Å²) < 4.78 is 45.8. The van der Waals surface area contributed by atoms with Gasteiger partial charge in [-0.2, -0.15) is 0 Å². The number of allylic oxidation sites excluding steroid dienone is 3. The molecule has 1 atom stereocenters. The van der Waals surface area contributed by atoms with Gasteiger partial charge in [-0.05, 0) is 94.5 Å². The number of thiophene rings is 1. The predicted molar refractivity (Wildman–Crippen MR) is 189 cm³/mol. The SMILES string of the molecule is CS(=O)(=O)N(O)c1ccc(-c2ccc(C3=Cc4ccc5c(c4CC3)CCc3ccccc3-5)s2)cc1.NC(=O)CC1C=CC=CS1(=O)=O. The molecule has 3 aliphatic rings. The van der Waals surface area contributed by atoms with Crippen LogP contribution in [0.25, 0.3) is 33.2 Å². The number of anilines is 1. The van der Waals surface area contributed by atoms with Crippen molar-refractivity contribution in [2.45, 2.75) is 37.4 Å². The minimum absolute atomic E-state index is 0.150. The van der Waals surface area contributed by atoms with Crippen molar-refractivity contribution < 1.29 is 26.8 Å². The Morgan fingerprint density at radius 1 is 0.894 bits per heavy atom. The molecule has 2 aliphatic carbocycles. The third-order valence-electron chi connectivity index (χ3n) is 8.53. The number of nitrogens with two attached hydrogens (primary N) is 1. The Bertz CT molecular complexity index is 2160. The van der Waals surface area contributed by atoms with E-state index < -0.39 is 31.0 Å². The van der Waals surface area contributed by atoms with Crippen LogP contribution in [0.5, 0.6) is 0 Å². The lowest BCUT2D eigenvalue weighted by Crippen LogP contribution is -2.25. The first-order chi connectivity index (χ1) is 22.4. The third kappa shape index (κ3) is 7.03. The van der Waals surface area contributed by atoms with Crippen LogP contribution in [0.1, 0.15) is 40.0 Å². The van der Waals surface area contributed by atoms with Gasteiger partial charge in [0.2, 0.25) is 5.91 Å². The van der Waals surface area contributed by atoms with Crippen molar-refractivity contribution >= 4 is 54.4 Å². The summed E-state index contributed by atoms with van der Waals surface area (Å²) in [6.07, 6.45) is 12.0. The largest absolute Gasteiger partial charge is 0.370 e. The highest BCUT2D eigenvalue weighted by molar-refractivity contribution is 7.95. The van der Waals surface area contributed by atoms with Crippen LogP contribution in [0.4, 0.5) is 5.69 Å². The summed E-state index contributed by atoms with van der Waals surface area (Å²) in [6, 6.07) is 24.6. The van der Waals surface area contributed by atoms with E-state index in [0.29, 0.717) is 4.47 Å². The number of fused-ring (bicyclic) bond motifs is 5. The fourth-order valence-electron chi connectivity index (χ4n) is 6.20. The summed E-state index contributed by atoms with van der Waals surface area (Å²) in [6.45, 7) is 0. The van der Waals surface area contributed by atoms with Gasteiger partial charge in [-0.3, -0.25) is 10.0 Å². The lowest BCUT2D eigenvalue weighted by Gasteiger charge is -2.26. The summed E-state index contributed by atoms with van der Waals surface area (Å²) >= 11 is 1.74. The number of aryl methyl sites for hydroxylation is 1. The van der Waals surface area contributed by atoms with Crippen LogP contribution in [0, 0.1) is 0 Å². The van der Waals surface area contributed by atoms with Crippen molar-refractivity contribution in [2.24, 2.45) is 5.73 Å². The first-order valence-corrected chi connectivity index (χ1v) is 19.4. The maximum absolute atomic E-state index is 11.6. The van der Waals surface area contributed by atoms with Gasteiger partial charge in [0.25, 0.3) is 10.0 Å². The molecule has 1 amide bonds. The molecule has 242 valence electrons. The quantitative estimate of drug-likeness (QED) is 0.221. The molecule has 7 rings (SSSR count). The summed E-state index contributed by atoms with van der Waals surface area (Å²) in [5.41, 5.74) is 16.1. The number of rotatable bonds is 6. The van der Waals surface area contributed by atoms with Gasteiger partial charge < -0.3 is 5.73 Å². The van der Waals surface area contributed by atoms with Crippen molar-refractivity contribution in [3.8, 4) is 21.6 Å². The molecule has 2 heterocycles. The smallest absolute Gasteiger partial charge is 0.254 e. The van der Waals surface area contributed by atoms with Gasteiger partial charge in [-0.1, -0.05) is 72.8 Å². The normalized spacial score (nSPS) is 17.3. The summed E-state index contributed by atoms with van der Waals surface area (Å²) in [7, 11) is -6.99. The van der Waals surface area contributed by atoms with E-state index in [9.17, 15) is 26.8 Å². The molecule has 3 N–H and O–H groups in total. The van der Waals surface area contributed by atoms with Crippen LogP contribution < -0.4 is 10.2 Å². The first-order valence-electron chi connectivity index (χ1n) is 15.1. The molecule has 0 spiro atoms. The second-order valence-electron chi connectivity index (χ2n) is 11.7. The number of sulfone groups is 1. The van der Waals surface area contributed by atoms with Gasteiger partial charge >= 0.3 is 0 Å². The average molecular weight is 687 g/mol. The van der Waals surface area contributed by atoms with E-state index in [4.69, 9.17) is 5.73 Å². The Hall–Kier alpha value is -4.29. The van der Waals surface area contributed by atoms with E-state index in [1.165, 1.54) is 56.0 Å². The molecule has 3 aromatic carbocycles. The zero-order valence-electron chi connectivity index (χ0n) is 25.7. The van der Waals surface area contributed by atoms with Crippen molar-refractivity contribution in [3.05, 3.63) is 124 Å². The van der Waals surface area contributed by atoms with E-state index >= 15 is 0 Å². The van der Waals surface area contributed by atoms with Gasteiger partial charge in [0.05, 0.1) is 17.2 Å². The zero-order chi connectivity index (χ0) is 33.3. The van der Waals surface area contributed by atoms with Crippen LogP contribution in [-0.2, 0) is 43.9 Å². The van der Waals surface area contributed by atoms with Gasteiger partial charge in [-0.15, -0.1) is 15.8 Å². The predicted octanol–water partition coefficient (Wildman–Crippen LogP) is 6.55. The van der Waals surface area contributed by atoms with E-state index in [2.05, 4.69) is 54.6 Å². The Kier molecular flexibility index (Phi) is 9.08. The number of carbonyl (C=O) groups excluding carboxylic acids is 1. The number of sulfonamides is 1. The van der Waals surface area contributed by atoms with Crippen LogP contribution in [0.15, 0.2) is 96.4 Å². The number of primary amides is 1. The molecule has 1 aliphatic heterocycles. The Morgan fingerprint density at radius 3 is 2.34 bits per heavy atom. The van der Waals surface area contributed by atoms with Crippen molar-refractivity contribution in [3.63, 3.8) is 0 Å². The molecule has 1 unspecified atom stereocenters. The van der Waals surface area contributed by atoms with Gasteiger partial charge in [0, 0.05) is 21.6 Å². The molecule has 8 nitrogen and oxygen atoms in total. The fraction of sp³-hybridized carbons (Fsp3) is 0.194. The summed E-state index contributed by atoms with van der Waals surface area (Å²) in [4.78, 5) is 12.8. The highest BCUT2D eigenvalue weighted by Crippen LogP contribution is 2.42. The minimum atomic E-state index is -3.70. The van der Waals surface area contributed by atoms with Gasteiger partial charge in [0.1, 0.15) is 0 Å². The Morgan fingerprint density at radius 2 is 1.62 bits per heavy atom. The van der Waals surface area contributed by atoms with E-state index in [0.717, 1.165) is 47.8 Å². The van der Waals surface area contributed by atoms with E-state index in [1.807, 2.05) is 12.1 Å². The minimum Gasteiger partial charge on any atom is -0.370 e. The average Bonchev–Trinajstić information content (AvgIpc) is 3.55. The number of hydrogen-bond donors (Lipinski definition) is 2. The molecular weight excluding hydrogens is 653 g/mol. The van der Waals surface area contributed by atoms with Crippen LogP contribution in [0.3, 0.4) is 0 Å². The molecule has 4 aromatic rings. The van der Waals surface area contributed by atoms with Gasteiger partial charge in [0.15, 0.2) is 9.84 Å². The number of nitrogens with zero attached hydrogens (tertiary/aromatic N) is 1. The van der Waals surface area contributed by atoms with E-state index in [1.54, 1.807) is 29.5 Å². The molecule has 47 heavy (non-hydrogen) atoms. The van der Waals surface area contributed by atoms with Gasteiger partial charge in [-0.25, -0.2) is 16.8 Å². The lowest BCUT2D eigenvalue weighted by molar-refractivity contribution is -0.117. The lowest BCUT2D eigenvalue weighted by atomic mass is 9.78. The number of hydrogen-bond acceptors (Lipinski definition) is 7. The number of carbonyl (C=O) groups is 1. The summed E-state index contributed by atoms with van der Waals surface area (Å²) in [5, 5.41) is 10.1. The molecule has 0 fully saturated rings. The topological polar surface area (TPSA) is 135 Å². The van der Waals surface area contributed by atoms with Crippen LogP contribution in [-0.4, -0.2) is 39.5 Å². The van der Waals surface area contributed by atoms with Crippen LogP contribution >= 0.6 is 11.3 Å². The standard InChI is InChI=1S/C29H25NO3S2.C7H9NO3S/c1-35(32,33)30(31)23-11-6-20(7-12-23)28-16-17-29(34-28)22-10-13-25-21(18-22)9-15-26-24-5-3-2-4-19(24)8-14-27(25)26;8-7(9)5-6-3-1-2-4-12(6,10)11/h2-7,9,11-12,15-18,31H,8,10,13-14H2,1H3;1-4,6H,5H2,(H2,8,9).